The summed E-state index contributed by atoms with van der Waals surface area (Å²) in [7, 11) is 1.66. The molecule has 0 saturated carbocycles. The van der Waals surface area contributed by atoms with Crippen LogP contribution in [0.1, 0.15) is 11.1 Å². The Hall–Kier alpha value is -2.04. The lowest BCUT2D eigenvalue weighted by Crippen LogP contribution is -2.02. The molecule has 0 unspecified atom stereocenters. The zero-order valence-corrected chi connectivity index (χ0v) is 12.5. The van der Waals surface area contributed by atoms with E-state index in [1.54, 1.807) is 13.3 Å². The first-order chi connectivity index (χ1) is 10.2. The number of pyridine rings is 1. The predicted molar refractivity (Wildman–Crippen MR) is 84.7 cm³/mol. The van der Waals surface area contributed by atoms with Gasteiger partial charge >= 0.3 is 0 Å². The first kappa shape index (κ1) is 13.9. The minimum Gasteiger partial charge on any atom is -0.496 e. The van der Waals surface area contributed by atoms with E-state index < -0.39 is 0 Å². The Morgan fingerprint density at radius 3 is 2.90 bits per heavy atom. The molecule has 3 rings (SSSR count). The first-order valence-corrected chi connectivity index (χ1v) is 7.06. The molecule has 21 heavy (non-hydrogen) atoms. The molecule has 0 bridgehead atoms. The van der Waals surface area contributed by atoms with Gasteiger partial charge in [0.25, 0.3) is 0 Å². The van der Waals surface area contributed by atoms with E-state index in [1.807, 2.05) is 36.5 Å². The fourth-order valence-corrected chi connectivity index (χ4v) is 2.73. The van der Waals surface area contributed by atoms with Gasteiger partial charge in [0.05, 0.1) is 13.7 Å². The number of nitrogens with two attached hydrogens (primary N) is 1. The molecular weight excluding hydrogens is 286 g/mol. The highest BCUT2D eigenvalue weighted by Gasteiger charge is 2.11. The van der Waals surface area contributed by atoms with Crippen LogP contribution < -0.4 is 10.5 Å². The van der Waals surface area contributed by atoms with Gasteiger partial charge in [-0.1, -0.05) is 11.6 Å². The predicted octanol–water partition coefficient (Wildman–Crippen LogP) is 3.21. The third-order valence-corrected chi connectivity index (χ3v) is 3.75. The van der Waals surface area contributed by atoms with Crippen LogP contribution in [0.3, 0.4) is 0 Å². The monoisotopic (exact) mass is 301 g/mol. The minimum atomic E-state index is 0.488. The molecule has 0 spiro atoms. The first-order valence-electron chi connectivity index (χ1n) is 6.68. The van der Waals surface area contributed by atoms with Crippen molar-refractivity contribution in [3.63, 3.8) is 0 Å². The summed E-state index contributed by atoms with van der Waals surface area (Å²) in [6, 6.07) is 9.57. The molecule has 5 heteroatoms. The van der Waals surface area contributed by atoms with Gasteiger partial charge in [0.15, 0.2) is 0 Å². The molecular formula is C16H16ClN3O. The number of hydrogen-bond acceptors (Lipinski definition) is 3. The zero-order chi connectivity index (χ0) is 14.8. The number of methoxy groups -OCH3 is 1. The highest BCUT2D eigenvalue weighted by molar-refractivity contribution is 6.30. The third-order valence-electron chi connectivity index (χ3n) is 3.52. The molecule has 0 aliphatic rings. The maximum atomic E-state index is 6.09. The van der Waals surface area contributed by atoms with E-state index in [0.717, 1.165) is 27.9 Å². The van der Waals surface area contributed by atoms with Crippen LogP contribution in [-0.2, 0) is 13.1 Å². The topological polar surface area (TPSA) is 53.1 Å². The molecule has 0 saturated heterocycles. The lowest BCUT2D eigenvalue weighted by atomic mass is 10.2. The summed E-state index contributed by atoms with van der Waals surface area (Å²) in [5, 5.41) is 1.77. The summed E-state index contributed by atoms with van der Waals surface area (Å²) in [5.41, 5.74) is 8.83. The number of rotatable bonds is 4. The SMILES string of the molecule is COc1ccc(Cl)cc1Cn1cc(CN)c2cccnc21. The van der Waals surface area contributed by atoms with Crippen molar-refractivity contribution in [2.75, 3.05) is 7.11 Å². The molecule has 1 aromatic carbocycles. The van der Waals surface area contributed by atoms with E-state index in [1.165, 1.54) is 0 Å². The average molecular weight is 302 g/mol. The molecule has 2 aromatic heterocycles. The van der Waals surface area contributed by atoms with E-state index in [4.69, 9.17) is 22.1 Å². The van der Waals surface area contributed by atoms with Gasteiger partial charge in [0.1, 0.15) is 11.4 Å². The molecule has 0 atom stereocenters. The maximum absolute atomic E-state index is 6.09. The average Bonchev–Trinajstić information content (AvgIpc) is 2.86. The van der Waals surface area contributed by atoms with Crippen molar-refractivity contribution in [1.29, 1.82) is 0 Å². The number of hydrogen-bond donors (Lipinski definition) is 1. The maximum Gasteiger partial charge on any atom is 0.140 e. The number of fused-ring (bicyclic) bond motifs is 1. The smallest absolute Gasteiger partial charge is 0.140 e. The molecule has 4 nitrogen and oxygen atoms in total. The summed E-state index contributed by atoms with van der Waals surface area (Å²) >= 11 is 6.09. The van der Waals surface area contributed by atoms with E-state index in [9.17, 15) is 0 Å². The molecule has 0 fully saturated rings. The summed E-state index contributed by atoms with van der Waals surface area (Å²) in [6.45, 7) is 1.12. The van der Waals surface area contributed by atoms with Crippen molar-refractivity contribution in [3.8, 4) is 5.75 Å². The second-order valence-corrected chi connectivity index (χ2v) is 5.25. The van der Waals surface area contributed by atoms with Gasteiger partial charge in [-0.3, -0.25) is 0 Å². The summed E-state index contributed by atoms with van der Waals surface area (Å²) in [6.07, 6.45) is 3.83. The van der Waals surface area contributed by atoms with Crippen LogP contribution in [0.5, 0.6) is 5.75 Å². The lowest BCUT2D eigenvalue weighted by molar-refractivity contribution is 0.408. The van der Waals surface area contributed by atoms with Crippen LogP contribution in [0.15, 0.2) is 42.7 Å². The van der Waals surface area contributed by atoms with Crippen molar-refractivity contribution in [1.82, 2.24) is 9.55 Å². The third kappa shape index (κ3) is 2.60. The van der Waals surface area contributed by atoms with Gasteiger partial charge in [-0.05, 0) is 35.9 Å². The van der Waals surface area contributed by atoms with Gasteiger partial charge in [-0.2, -0.15) is 0 Å². The second-order valence-electron chi connectivity index (χ2n) is 4.82. The quantitative estimate of drug-likeness (QED) is 0.805. The molecule has 2 heterocycles. The van der Waals surface area contributed by atoms with Gasteiger partial charge in [0.2, 0.25) is 0 Å². The standard InChI is InChI=1S/C16H16ClN3O/c1-21-15-5-4-13(17)7-11(15)9-20-10-12(8-18)14-3-2-6-19-16(14)20/h2-7,10H,8-9,18H2,1H3. The van der Waals surface area contributed by atoms with Crippen LogP contribution in [0.2, 0.25) is 5.02 Å². The van der Waals surface area contributed by atoms with Crippen molar-refractivity contribution in [2.45, 2.75) is 13.1 Å². The van der Waals surface area contributed by atoms with E-state index in [2.05, 4.69) is 9.55 Å². The summed E-state index contributed by atoms with van der Waals surface area (Å²) in [5.74, 6) is 0.812. The summed E-state index contributed by atoms with van der Waals surface area (Å²) < 4.78 is 7.48. The number of halogens is 1. The highest BCUT2D eigenvalue weighted by atomic mass is 35.5. The Morgan fingerprint density at radius 2 is 2.14 bits per heavy atom. The summed E-state index contributed by atoms with van der Waals surface area (Å²) in [4.78, 5) is 4.46. The Morgan fingerprint density at radius 1 is 1.29 bits per heavy atom. The normalized spacial score (nSPS) is 11.0. The fraction of sp³-hybridized carbons (Fsp3) is 0.188. The van der Waals surface area contributed by atoms with E-state index in [-0.39, 0.29) is 0 Å². The molecule has 0 amide bonds. The zero-order valence-electron chi connectivity index (χ0n) is 11.7. The Balaban J connectivity index is 2.08. The molecule has 0 aliphatic carbocycles. The fourth-order valence-electron chi connectivity index (χ4n) is 2.53. The van der Waals surface area contributed by atoms with Crippen LogP contribution in [-0.4, -0.2) is 16.7 Å². The van der Waals surface area contributed by atoms with Gasteiger partial charge in [0, 0.05) is 34.9 Å². The van der Waals surface area contributed by atoms with Gasteiger partial charge in [-0.25, -0.2) is 4.98 Å². The van der Waals surface area contributed by atoms with E-state index >= 15 is 0 Å². The number of ether oxygens (including phenoxy) is 1. The van der Waals surface area contributed by atoms with Crippen LogP contribution in [0.25, 0.3) is 11.0 Å². The van der Waals surface area contributed by atoms with E-state index in [0.29, 0.717) is 18.1 Å². The highest BCUT2D eigenvalue weighted by Crippen LogP contribution is 2.26. The lowest BCUT2D eigenvalue weighted by Gasteiger charge is -2.10. The van der Waals surface area contributed by atoms with Crippen molar-refractivity contribution in [3.05, 3.63) is 58.9 Å². The van der Waals surface area contributed by atoms with Gasteiger partial charge < -0.3 is 15.0 Å². The number of benzene rings is 1. The van der Waals surface area contributed by atoms with Crippen LogP contribution in [0, 0.1) is 0 Å². The molecule has 3 aromatic rings. The van der Waals surface area contributed by atoms with Crippen LogP contribution >= 0.6 is 11.6 Å². The van der Waals surface area contributed by atoms with Crippen LogP contribution in [0.4, 0.5) is 0 Å². The van der Waals surface area contributed by atoms with Crippen molar-refractivity contribution in [2.24, 2.45) is 5.73 Å². The molecule has 0 radical (unpaired) electrons. The second kappa shape index (κ2) is 5.76. The Bertz CT molecular complexity index is 782. The number of aromatic nitrogens is 2. The van der Waals surface area contributed by atoms with Crippen molar-refractivity contribution >= 4 is 22.6 Å². The Labute approximate surface area is 128 Å². The largest absolute Gasteiger partial charge is 0.496 e. The number of nitrogens with zero attached hydrogens (tertiary/aromatic N) is 2. The van der Waals surface area contributed by atoms with Gasteiger partial charge in [-0.15, -0.1) is 0 Å². The molecule has 0 aliphatic heterocycles. The molecule has 2 N–H and O–H groups in total. The van der Waals surface area contributed by atoms with Crippen molar-refractivity contribution < 1.29 is 4.74 Å². The minimum absolute atomic E-state index is 0.488. The molecule has 108 valence electrons. The Kier molecular flexibility index (Phi) is 3.82.